The summed E-state index contributed by atoms with van der Waals surface area (Å²) in [5, 5.41) is 27.1. The van der Waals surface area contributed by atoms with Gasteiger partial charge in [0.05, 0.1) is 23.0 Å². The van der Waals surface area contributed by atoms with Gasteiger partial charge in [-0.15, -0.1) is 0 Å². The average molecular weight is 430 g/mol. The summed E-state index contributed by atoms with van der Waals surface area (Å²) in [6, 6.07) is 14.1. The van der Waals surface area contributed by atoms with Crippen LogP contribution in [0.3, 0.4) is 0 Å². The maximum Gasteiger partial charge on any atom is 0.488 e. The van der Waals surface area contributed by atoms with E-state index >= 15 is 0 Å². The number of anilines is 1. The fraction of sp³-hybridized carbons (Fsp3) is 0.182. The van der Waals surface area contributed by atoms with Crippen molar-refractivity contribution in [1.82, 2.24) is 19.7 Å². The molecular weight excluding hydrogens is 407 g/mol. The van der Waals surface area contributed by atoms with Crippen LogP contribution in [0.5, 0.6) is 0 Å². The van der Waals surface area contributed by atoms with Gasteiger partial charge in [-0.05, 0) is 29.1 Å². The number of nitrogens with two attached hydrogens (primary N) is 1. The van der Waals surface area contributed by atoms with Gasteiger partial charge in [0.15, 0.2) is 0 Å². The van der Waals surface area contributed by atoms with Gasteiger partial charge in [0, 0.05) is 18.0 Å². The van der Waals surface area contributed by atoms with Crippen molar-refractivity contribution in [2.24, 2.45) is 5.73 Å². The van der Waals surface area contributed by atoms with Crippen LogP contribution >= 0.6 is 0 Å². The Kier molecular flexibility index (Phi) is 5.89. The number of primary amides is 1. The maximum absolute atomic E-state index is 11.8. The lowest BCUT2D eigenvalue weighted by Gasteiger charge is -2.13. The number of rotatable bonds is 7. The van der Waals surface area contributed by atoms with E-state index in [4.69, 9.17) is 5.73 Å². The van der Waals surface area contributed by atoms with Crippen molar-refractivity contribution in [1.29, 1.82) is 0 Å². The van der Waals surface area contributed by atoms with Crippen LogP contribution in [-0.2, 0) is 6.54 Å². The average Bonchev–Trinajstić information content (AvgIpc) is 3.21. The van der Waals surface area contributed by atoms with E-state index in [1.165, 1.54) is 0 Å². The van der Waals surface area contributed by atoms with Gasteiger partial charge in [-0.1, -0.05) is 44.2 Å². The van der Waals surface area contributed by atoms with Crippen molar-refractivity contribution in [3.8, 4) is 5.95 Å². The Hall–Kier alpha value is -3.76. The lowest BCUT2D eigenvalue weighted by Crippen LogP contribution is -2.30. The topological polar surface area (TPSA) is 139 Å². The molecule has 0 aliphatic rings. The normalized spacial score (nSPS) is 11.2. The Morgan fingerprint density at radius 2 is 1.94 bits per heavy atom. The fourth-order valence-electron chi connectivity index (χ4n) is 3.42. The molecule has 2 aromatic carbocycles. The Bertz CT molecular complexity index is 1290. The summed E-state index contributed by atoms with van der Waals surface area (Å²) < 4.78 is 1.58. The van der Waals surface area contributed by atoms with E-state index in [-0.39, 0.29) is 5.92 Å². The standard InChI is InChI=1S/C22H23BN6O3/c1-13(2)18-10-20(25-11-14-5-3-6-15(9-14)23(31)32)28-22(27-18)29-19-8-4-7-16(21(24)30)17(19)12-26-29/h3-10,12-13,31-32H,11H2,1-2H3,(H2,24,30)(H,25,27,28). The van der Waals surface area contributed by atoms with Gasteiger partial charge in [-0.2, -0.15) is 14.8 Å². The Balaban J connectivity index is 1.70. The molecule has 0 saturated carbocycles. The molecule has 0 aliphatic carbocycles. The maximum atomic E-state index is 11.8. The zero-order chi connectivity index (χ0) is 22.8. The summed E-state index contributed by atoms with van der Waals surface area (Å²) in [5.74, 6) is 0.593. The van der Waals surface area contributed by atoms with Gasteiger partial charge >= 0.3 is 7.12 Å². The van der Waals surface area contributed by atoms with Crippen LogP contribution in [0.4, 0.5) is 5.82 Å². The lowest BCUT2D eigenvalue weighted by molar-refractivity contribution is 0.100. The molecule has 4 aromatic rings. The summed E-state index contributed by atoms with van der Waals surface area (Å²) in [4.78, 5) is 21.0. The first-order valence-corrected chi connectivity index (χ1v) is 10.2. The molecule has 2 heterocycles. The molecule has 0 aliphatic heterocycles. The number of hydrogen-bond donors (Lipinski definition) is 4. The molecule has 32 heavy (non-hydrogen) atoms. The predicted molar refractivity (Wildman–Crippen MR) is 123 cm³/mol. The van der Waals surface area contributed by atoms with Crippen molar-refractivity contribution in [3.05, 3.63) is 71.5 Å². The zero-order valence-electron chi connectivity index (χ0n) is 17.7. The van der Waals surface area contributed by atoms with Crippen LogP contribution in [0.1, 0.15) is 41.4 Å². The first-order chi connectivity index (χ1) is 15.3. The van der Waals surface area contributed by atoms with E-state index in [1.807, 2.05) is 32.0 Å². The molecule has 9 nitrogen and oxygen atoms in total. The lowest BCUT2D eigenvalue weighted by atomic mass is 9.80. The molecule has 1 amide bonds. The van der Waals surface area contributed by atoms with E-state index in [2.05, 4.69) is 20.4 Å². The van der Waals surface area contributed by atoms with Crippen molar-refractivity contribution in [2.45, 2.75) is 26.3 Å². The summed E-state index contributed by atoms with van der Waals surface area (Å²) in [5.41, 5.74) is 8.68. The molecular formula is C22H23BN6O3. The van der Waals surface area contributed by atoms with Crippen LogP contribution in [0, 0.1) is 0 Å². The molecule has 5 N–H and O–H groups in total. The molecule has 0 saturated heterocycles. The molecule has 0 atom stereocenters. The largest absolute Gasteiger partial charge is 0.488 e. The highest BCUT2D eigenvalue weighted by atomic mass is 16.4. The monoisotopic (exact) mass is 430 g/mol. The van der Waals surface area contributed by atoms with Gasteiger partial charge in [-0.3, -0.25) is 4.79 Å². The summed E-state index contributed by atoms with van der Waals surface area (Å²) >= 11 is 0. The molecule has 0 unspecified atom stereocenters. The minimum atomic E-state index is -1.52. The van der Waals surface area contributed by atoms with Gasteiger partial charge in [-0.25, -0.2) is 4.98 Å². The van der Waals surface area contributed by atoms with E-state index in [0.717, 1.165) is 11.3 Å². The fourth-order valence-corrected chi connectivity index (χ4v) is 3.42. The zero-order valence-corrected chi connectivity index (χ0v) is 17.7. The van der Waals surface area contributed by atoms with Crippen LogP contribution in [0.25, 0.3) is 16.9 Å². The molecule has 2 aromatic heterocycles. The molecule has 4 rings (SSSR count). The number of benzene rings is 2. The number of carbonyl (C=O) groups excluding carboxylic acids is 1. The Labute approximate surface area is 185 Å². The summed E-state index contributed by atoms with van der Waals surface area (Å²) in [6.07, 6.45) is 1.58. The number of nitrogens with zero attached hydrogens (tertiary/aromatic N) is 4. The van der Waals surface area contributed by atoms with Gasteiger partial charge < -0.3 is 21.1 Å². The number of amides is 1. The van der Waals surface area contributed by atoms with E-state index in [0.29, 0.717) is 40.2 Å². The quantitative estimate of drug-likeness (QED) is 0.325. The molecule has 0 radical (unpaired) electrons. The molecule has 0 fully saturated rings. The molecule has 162 valence electrons. The highest BCUT2D eigenvalue weighted by Gasteiger charge is 2.16. The third-order valence-electron chi connectivity index (χ3n) is 5.12. The smallest absolute Gasteiger partial charge is 0.423 e. The Morgan fingerprint density at radius 1 is 1.16 bits per heavy atom. The second-order valence-corrected chi connectivity index (χ2v) is 7.76. The number of carbonyl (C=O) groups is 1. The van der Waals surface area contributed by atoms with Crippen molar-refractivity contribution in [2.75, 3.05) is 5.32 Å². The van der Waals surface area contributed by atoms with Crippen molar-refractivity contribution < 1.29 is 14.8 Å². The number of hydrogen-bond acceptors (Lipinski definition) is 7. The first kappa shape index (κ1) is 21.5. The minimum absolute atomic E-state index is 0.146. The second kappa shape index (κ2) is 8.78. The van der Waals surface area contributed by atoms with Gasteiger partial charge in [0.1, 0.15) is 5.82 Å². The third kappa shape index (κ3) is 4.32. The van der Waals surface area contributed by atoms with Crippen LogP contribution in [0.15, 0.2) is 54.7 Å². The molecule has 0 bridgehead atoms. The highest BCUT2D eigenvalue weighted by Crippen LogP contribution is 2.23. The van der Waals surface area contributed by atoms with Crippen molar-refractivity contribution >= 4 is 35.2 Å². The minimum Gasteiger partial charge on any atom is -0.423 e. The predicted octanol–water partition coefficient (Wildman–Crippen LogP) is 1.33. The van der Waals surface area contributed by atoms with E-state index < -0.39 is 13.0 Å². The van der Waals surface area contributed by atoms with Crippen molar-refractivity contribution in [3.63, 3.8) is 0 Å². The van der Waals surface area contributed by atoms with E-state index in [9.17, 15) is 14.8 Å². The Morgan fingerprint density at radius 3 is 2.66 bits per heavy atom. The SMILES string of the molecule is CC(C)c1cc(NCc2cccc(B(O)O)c2)nc(-n2ncc3c(C(N)=O)cccc32)n1. The van der Waals surface area contributed by atoms with Gasteiger partial charge in [0.25, 0.3) is 5.95 Å². The number of aromatic nitrogens is 4. The first-order valence-electron chi connectivity index (χ1n) is 10.2. The van der Waals surface area contributed by atoms with Crippen LogP contribution in [-0.4, -0.2) is 42.8 Å². The third-order valence-corrected chi connectivity index (χ3v) is 5.12. The highest BCUT2D eigenvalue weighted by molar-refractivity contribution is 6.58. The summed E-state index contributed by atoms with van der Waals surface area (Å²) in [6.45, 7) is 4.50. The summed E-state index contributed by atoms with van der Waals surface area (Å²) in [7, 11) is -1.52. The van der Waals surface area contributed by atoms with E-state index in [1.54, 1.807) is 41.2 Å². The number of fused-ring (bicyclic) bond motifs is 1. The number of nitrogens with one attached hydrogen (secondary N) is 1. The second-order valence-electron chi connectivity index (χ2n) is 7.76. The van der Waals surface area contributed by atoms with Gasteiger partial charge in [0.2, 0.25) is 5.91 Å². The molecule has 0 spiro atoms. The molecule has 10 heteroatoms. The van der Waals surface area contributed by atoms with Crippen LogP contribution < -0.4 is 16.5 Å². The van der Waals surface area contributed by atoms with Crippen LogP contribution in [0.2, 0.25) is 0 Å².